The summed E-state index contributed by atoms with van der Waals surface area (Å²) in [5.41, 5.74) is 3.17. The molecule has 6 heteroatoms. The van der Waals surface area contributed by atoms with Crippen LogP contribution in [0, 0.1) is 19.8 Å². The van der Waals surface area contributed by atoms with E-state index in [1.165, 1.54) is 16.1 Å². The van der Waals surface area contributed by atoms with Gasteiger partial charge in [0.2, 0.25) is 15.9 Å². The monoisotopic (exact) mass is 324 g/mol. The Hall–Kier alpha value is -1.40. The molecular weight excluding hydrogens is 300 g/mol. The first-order chi connectivity index (χ1) is 10.2. The number of aryl methyl sites for hydroxylation is 2. The predicted octanol–water partition coefficient (Wildman–Crippen LogP) is 1.94. The summed E-state index contributed by atoms with van der Waals surface area (Å²) in [5, 5.41) is 0. The van der Waals surface area contributed by atoms with Crippen LogP contribution in [-0.2, 0) is 14.8 Å². The molecule has 2 rings (SSSR count). The summed E-state index contributed by atoms with van der Waals surface area (Å²) < 4.78 is 24.8. The molecule has 1 fully saturated rings. The van der Waals surface area contributed by atoms with Gasteiger partial charge in [-0.3, -0.25) is 4.79 Å². The SMILES string of the molecule is Cc1ccc(N(C)C(=O)[C@@H]2CCCN(S(C)(=O)=O)C2)cc1C. The second kappa shape index (κ2) is 6.38. The lowest BCUT2D eigenvalue weighted by Gasteiger charge is -2.32. The summed E-state index contributed by atoms with van der Waals surface area (Å²) in [6.45, 7) is 4.85. The molecule has 1 atom stereocenters. The van der Waals surface area contributed by atoms with Gasteiger partial charge in [0.15, 0.2) is 0 Å². The number of amides is 1. The van der Waals surface area contributed by atoms with Gasteiger partial charge in [0.25, 0.3) is 0 Å². The zero-order chi connectivity index (χ0) is 16.5. The lowest BCUT2D eigenvalue weighted by molar-refractivity contribution is -0.123. The van der Waals surface area contributed by atoms with Crippen molar-refractivity contribution in [2.45, 2.75) is 26.7 Å². The molecule has 0 N–H and O–H groups in total. The first-order valence-electron chi connectivity index (χ1n) is 7.50. The van der Waals surface area contributed by atoms with E-state index in [0.29, 0.717) is 6.54 Å². The third-order valence-electron chi connectivity index (χ3n) is 4.41. The minimum absolute atomic E-state index is 0.0170. The Bertz CT molecular complexity index is 670. The van der Waals surface area contributed by atoms with Gasteiger partial charge in [0.1, 0.15) is 0 Å². The van der Waals surface area contributed by atoms with Gasteiger partial charge in [-0.05, 0) is 49.9 Å². The molecule has 1 aromatic carbocycles. The molecule has 0 radical (unpaired) electrons. The van der Waals surface area contributed by atoms with Crippen molar-refractivity contribution in [2.75, 3.05) is 31.3 Å². The molecule has 0 aromatic heterocycles. The van der Waals surface area contributed by atoms with Crippen molar-refractivity contribution < 1.29 is 13.2 Å². The van der Waals surface area contributed by atoms with Crippen LogP contribution in [0.1, 0.15) is 24.0 Å². The summed E-state index contributed by atoms with van der Waals surface area (Å²) in [6, 6.07) is 5.92. The Balaban J connectivity index is 2.14. The predicted molar refractivity (Wildman–Crippen MR) is 88.5 cm³/mol. The van der Waals surface area contributed by atoms with E-state index in [9.17, 15) is 13.2 Å². The highest BCUT2D eigenvalue weighted by Gasteiger charge is 2.32. The Morgan fingerprint density at radius 2 is 1.95 bits per heavy atom. The molecule has 22 heavy (non-hydrogen) atoms. The molecule has 1 heterocycles. The molecule has 122 valence electrons. The molecule has 0 bridgehead atoms. The fourth-order valence-corrected chi connectivity index (χ4v) is 3.69. The zero-order valence-corrected chi connectivity index (χ0v) is 14.5. The molecule has 0 unspecified atom stereocenters. The van der Waals surface area contributed by atoms with Gasteiger partial charge in [-0.2, -0.15) is 0 Å². The molecule has 0 saturated carbocycles. The van der Waals surface area contributed by atoms with Crippen molar-refractivity contribution in [1.29, 1.82) is 0 Å². The molecule has 1 saturated heterocycles. The average molecular weight is 324 g/mol. The summed E-state index contributed by atoms with van der Waals surface area (Å²) in [5.74, 6) is -0.285. The van der Waals surface area contributed by atoms with Gasteiger partial charge in [-0.1, -0.05) is 6.07 Å². The van der Waals surface area contributed by atoms with E-state index in [1.807, 2.05) is 32.0 Å². The van der Waals surface area contributed by atoms with E-state index < -0.39 is 10.0 Å². The highest BCUT2D eigenvalue weighted by molar-refractivity contribution is 7.88. The Morgan fingerprint density at radius 3 is 2.55 bits per heavy atom. The minimum atomic E-state index is -3.23. The number of rotatable bonds is 3. The quantitative estimate of drug-likeness (QED) is 0.854. The van der Waals surface area contributed by atoms with Gasteiger partial charge in [-0.15, -0.1) is 0 Å². The molecular formula is C16H24N2O3S. The van der Waals surface area contributed by atoms with Gasteiger partial charge in [0.05, 0.1) is 12.2 Å². The number of anilines is 1. The van der Waals surface area contributed by atoms with E-state index >= 15 is 0 Å². The first kappa shape index (κ1) is 17.0. The largest absolute Gasteiger partial charge is 0.315 e. The molecule has 1 amide bonds. The molecule has 1 aliphatic heterocycles. The van der Waals surface area contributed by atoms with E-state index in [4.69, 9.17) is 0 Å². The highest BCUT2D eigenvalue weighted by atomic mass is 32.2. The van der Waals surface area contributed by atoms with Gasteiger partial charge in [-0.25, -0.2) is 12.7 Å². The maximum absolute atomic E-state index is 12.7. The number of benzene rings is 1. The van der Waals surface area contributed by atoms with Gasteiger partial charge >= 0.3 is 0 Å². The molecule has 0 aliphatic carbocycles. The van der Waals surface area contributed by atoms with Gasteiger partial charge in [0, 0.05) is 25.8 Å². The van der Waals surface area contributed by atoms with Crippen molar-refractivity contribution in [1.82, 2.24) is 4.31 Å². The number of carbonyl (C=O) groups excluding carboxylic acids is 1. The lowest BCUT2D eigenvalue weighted by atomic mass is 9.98. The van der Waals surface area contributed by atoms with Crippen LogP contribution in [0.15, 0.2) is 18.2 Å². The number of sulfonamides is 1. The van der Waals surface area contributed by atoms with Crippen molar-refractivity contribution in [3.63, 3.8) is 0 Å². The Kier molecular flexibility index (Phi) is 4.92. The Labute approximate surface area is 133 Å². The maximum atomic E-state index is 12.7. The van der Waals surface area contributed by atoms with Crippen LogP contribution in [0.3, 0.4) is 0 Å². The fourth-order valence-electron chi connectivity index (χ4n) is 2.78. The van der Waals surface area contributed by atoms with Crippen LogP contribution in [0.25, 0.3) is 0 Å². The number of piperidine rings is 1. The lowest BCUT2D eigenvalue weighted by Crippen LogP contribution is -2.45. The van der Waals surface area contributed by atoms with Crippen LogP contribution in [0.5, 0.6) is 0 Å². The number of hydrogen-bond acceptors (Lipinski definition) is 3. The van der Waals surface area contributed by atoms with E-state index in [2.05, 4.69) is 0 Å². The van der Waals surface area contributed by atoms with Crippen molar-refractivity contribution in [3.05, 3.63) is 29.3 Å². The summed E-state index contributed by atoms with van der Waals surface area (Å²) in [7, 11) is -1.48. The second-order valence-electron chi connectivity index (χ2n) is 6.13. The normalized spacial score (nSPS) is 19.9. The van der Waals surface area contributed by atoms with Crippen LogP contribution in [0.2, 0.25) is 0 Å². The smallest absolute Gasteiger partial charge is 0.231 e. The van der Waals surface area contributed by atoms with Crippen LogP contribution >= 0.6 is 0 Å². The van der Waals surface area contributed by atoms with Crippen molar-refractivity contribution in [3.8, 4) is 0 Å². The first-order valence-corrected chi connectivity index (χ1v) is 9.35. The Morgan fingerprint density at radius 1 is 1.27 bits per heavy atom. The molecule has 5 nitrogen and oxygen atoms in total. The molecule has 0 spiro atoms. The fraction of sp³-hybridized carbons (Fsp3) is 0.562. The molecule has 1 aromatic rings. The van der Waals surface area contributed by atoms with Crippen LogP contribution in [0.4, 0.5) is 5.69 Å². The maximum Gasteiger partial charge on any atom is 0.231 e. The van der Waals surface area contributed by atoms with E-state index in [1.54, 1.807) is 11.9 Å². The summed E-state index contributed by atoms with van der Waals surface area (Å²) >= 11 is 0. The summed E-state index contributed by atoms with van der Waals surface area (Å²) in [4.78, 5) is 14.3. The summed E-state index contributed by atoms with van der Waals surface area (Å²) in [6.07, 6.45) is 2.66. The molecule has 1 aliphatic rings. The highest BCUT2D eigenvalue weighted by Crippen LogP contribution is 2.24. The topological polar surface area (TPSA) is 57.7 Å². The average Bonchev–Trinajstić information content (AvgIpc) is 2.48. The second-order valence-corrected chi connectivity index (χ2v) is 8.11. The number of nitrogens with zero attached hydrogens (tertiary/aromatic N) is 2. The third-order valence-corrected chi connectivity index (χ3v) is 5.68. The van der Waals surface area contributed by atoms with Gasteiger partial charge < -0.3 is 4.90 Å². The number of carbonyl (C=O) groups is 1. The zero-order valence-electron chi connectivity index (χ0n) is 13.7. The van der Waals surface area contributed by atoms with Crippen molar-refractivity contribution >= 4 is 21.6 Å². The minimum Gasteiger partial charge on any atom is -0.315 e. The van der Waals surface area contributed by atoms with Crippen LogP contribution < -0.4 is 4.90 Å². The third kappa shape index (κ3) is 3.67. The van der Waals surface area contributed by atoms with Crippen molar-refractivity contribution in [2.24, 2.45) is 5.92 Å². The van der Waals surface area contributed by atoms with E-state index in [-0.39, 0.29) is 18.4 Å². The number of hydrogen-bond donors (Lipinski definition) is 0. The van der Waals surface area contributed by atoms with E-state index in [0.717, 1.165) is 24.1 Å². The standard InChI is InChI=1S/C16H24N2O3S/c1-12-7-8-15(10-13(12)2)17(3)16(19)14-6-5-9-18(11-14)22(4,20)21/h7-8,10,14H,5-6,9,11H2,1-4H3/t14-/m1/s1. The van der Waals surface area contributed by atoms with Crippen LogP contribution in [-0.4, -0.2) is 45.0 Å².